The first-order chi connectivity index (χ1) is 11.4. The summed E-state index contributed by atoms with van der Waals surface area (Å²) in [5, 5.41) is 0. The number of rotatable bonds is 3. The fraction of sp³-hybridized carbons (Fsp3) is 0.333. The lowest BCUT2D eigenvalue weighted by Gasteiger charge is -2.13. The number of oxazole rings is 1. The largest absolute Gasteiger partial charge is 0.461 e. The van der Waals surface area contributed by atoms with Crippen molar-refractivity contribution in [2.45, 2.75) is 26.2 Å². The molecule has 0 radical (unpaired) electrons. The van der Waals surface area contributed by atoms with E-state index in [0.29, 0.717) is 12.1 Å². The average Bonchev–Trinajstić information content (AvgIpc) is 2.87. The lowest BCUT2D eigenvalue weighted by molar-refractivity contribution is -0.143. The van der Waals surface area contributed by atoms with Gasteiger partial charge in [-0.3, -0.25) is 0 Å². The monoisotopic (exact) mass is 367 g/mol. The van der Waals surface area contributed by atoms with Crippen LogP contribution in [0.2, 0.25) is 0 Å². The Morgan fingerprint density at radius 1 is 1.08 bits per heavy atom. The lowest BCUT2D eigenvalue weighted by Crippen LogP contribution is -2.11. The van der Waals surface area contributed by atoms with E-state index >= 15 is 0 Å². The van der Waals surface area contributed by atoms with Crippen LogP contribution in [0.15, 0.2) is 22.6 Å². The minimum Gasteiger partial charge on any atom is -0.461 e. The van der Waals surface area contributed by atoms with Gasteiger partial charge in [0.2, 0.25) is 5.89 Å². The minimum absolute atomic E-state index is 0.00838. The molecule has 4 nitrogen and oxygen atoms in total. The van der Waals surface area contributed by atoms with Crippen LogP contribution in [0, 0.1) is 6.92 Å². The summed E-state index contributed by atoms with van der Waals surface area (Å²) in [7, 11) is 0. The maximum Gasteiger partial charge on any atom is 0.416 e. The zero-order valence-corrected chi connectivity index (χ0v) is 12.9. The molecule has 25 heavy (non-hydrogen) atoms. The Bertz CT molecular complexity index is 759. The number of ether oxygens (including phenoxy) is 1. The molecule has 0 fully saturated rings. The summed E-state index contributed by atoms with van der Waals surface area (Å²) in [6.07, 6.45) is -10.00. The highest BCUT2D eigenvalue weighted by atomic mass is 19.4. The van der Waals surface area contributed by atoms with Gasteiger partial charge in [-0.05, 0) is 32.0 Å². The molecule has 0 atom stereocenters. The third-order valence-electron chi connectivity index (χ3n) is 3.10. The standard InChI is InChI=1S/C15H11F6NO3/c1-3-24-13(23)11-7(2)25-12(22-11)8-4-9(14(16,17)18)6-10(5-8)15(19,20)21/h4-6H,3H2,1-2H3. The highest BCUT2D eigenvalue weighted by Crippen LogP contribution is 2.38. The van der Waals surface area contributed by atoms with Crippen LogP contribution in [0.1, 0.15) is 34.3 Å². The average molecular weight is 367 g/mol. The van der Waals surface area contributed by atoms with Gasteiger partial charge in [0, 0.05) is 5.56 Å². The Labute approximate surface area is 137 Å². The second-order valence-corrected chi connectivity index (χ2v) is 4.94. The molecule has 0 saturated heterocycles. The molecule has 136 valence electrons. The fourth-order valence-electron chi connectivity index (χ4n) is 1.99. The Morgan fingerprint density at radius 3 is 2.04 bits per heavy atom. The van der Waals surface area contributed by atoms with Crippen molar-refractivity contribution < 1.29 is 40.3 Å². The second-order valence-electron chi connectivity index (χ2n) is 4.94. The van der Waals surface area contributed by atoms with E-state index in [1.807, 2.05) is 0 Å². The Morgan fingerprint density at radius 2 is 1.60 bits per heavy atom. The van der Waals surface area contributed by atoms with E-state index < -0.39 is 40.9 Å². The first-order valence-electron chi connectivity index (χ1n) is 6.88. The van der Waals surface area contributed by atoms with Crippen molar-refractivity contribution in [3.63, 3.8) is 0 Å². The van der Waals surface area contributed by atoms with E-state index in [9.17, 15) is 31.1 Å². The second kappa shape index (κ2) is 6.41. The van der Waals surface area contributed by atoms with E-state index in [-0.39, 0.29) is 24.1 Å². The Kier molecular flexibility index (Phi) is 4.83. The first kappa shape index (κ1) is 18.8. The van der Waals surface area contributed by atoms with Crippen molar-refractivity contribution in [1.29, 1.82) is 0 Å². The maximum atomic E-state index is 12.9. The molecular weight excluding hydrogens is 356 g/mol. The predicted molar refractivity (Wildman–Crippen MR) is 72.6 cm³/mol. The Hall–Kier alpha value is -2.52. The molecule has 0 aliphatic carbocycles. The van der Waals surface area contributed by atoms with Gasteiger partial charge < -0.3 is 9.15 Å². The molecule has 1 aromatic heterocycles. The fourth-order valence-corrected chi connectivity index (χ4v) is 1.99. The van der Waals surface area contributed by atoms with Crippen molar-refractivity contribution in [1.82, 2.24) is 4.98 Å². The molecule has 0 aliphatic heterocycles. The van der Waals surface area contributed by atoms with E-state index in [2.05, 4.69) is 4.98 Å². The van der Waals surface area contributed by atoms with Crippen LogP contribution in [0.5, 0.6) is 0 Å². The van der Waals surface area contributed by atoms with Gasteiger partial charge in [-0.25, -0.2) is 9.78 Å². The van der Waals surface area contributed by atoms with Gasteiger partial charge in [0.15, 0.2) is 5.69 Å². The van der Waals surface area contributed by atoms with E-state index in [0.717, 1.165) is 0 Å². The summed E-state index contributed by atoms with van der Waals surface area (Å²) >= 11 is 0. The SMILES string of the molecule is CCOC(=O)c1nc(-c2cc(C(F)(F)F)cc(C(F)(F)F)c2)oc1C. The molecule has 0 aliphatic rings. The number of hydrogen-bond acceptors (Lipinski definition) is 4. The molecule has 0 unspecified atom stereocenters. The number of benzene rings is 1. The van der Waals surface area contributed by atoms with Gasteiger partial charge in [0.05, 0.1) is 17.7 Å². The van der Waals surface area contributed by atoms with Gasteiger partial charge in [0.25, 0.3) is 0 Å². The first-order valence-corrected chi connectivity index (χ1v) is 6.88. The van der Waals surface area contributed by atoms with Crippen LogP contribution in [0.25, 0.3) is 11.5 Å². The number of hydrogen-bond donors (Lipinski definition) is 0. The molecular formula is C15H11F6NO3. The number of carbonyl (C=O) groups is 1. The molecule has 0 spiro atoms. The van der Waals surface area contributed by atoms with Gasteiger partial charge in [-0.1, -0.05) is 0 Å². The van der Waals surface area contributed by atoms with Crippen molar-refractivity contribution in [3.05, 3.63) is 40.8 Å². The zero-order chi connectivity index (χ0) is 19.0. The highest BCUT2D eigenvalue weighted by Gasteiger charge is 2.37. The van der Waals surface area contributed by atoms with E-state index in [1.165, 1.54) is 13.8 Å². The molecule has 0 amide bonds. The minimum atomic E-state index is -5.00. The van der Waals surface area contributed by atoms with Crippen LogP contribution in [0.4, 0.5) is 26.3 Å². The summed E-state index contributed by atoms with van der Waals surface area (Å²) in [6, 6.07) is 0.927. The van der Waals surface area contributed by atoms with Gasteiger partial charge in [0.1, 0.15) is 5.76 Å². The summed E-state index contributed by atoms with van der Waals surface area (Å²) in [6.45, 7) is 2.83. The van der Waals surface area contributed by atoms with Gasteiger partial charge >= 0.3 is 18.3 Å². The molecule has 1 heterocycles. The number of aryl methyl sites for hydroxylation is 1. The quantitative estimate of drug-likeness (QED) is 0.574. The summed E-state index contributed by atoms with van der Waals surface area (Å²) in [5.74, 6) is -1.52. The van der Waals surface area contributed by atoms with Crippen molar-refractivity contribution in [2.75, 3.05) is 6.61 Å². The van der Waals surface area contributed by atoms with Crippen molar-refractivity contribution in [2.24, 2.45) is 0 Å². The summed E-state index contributed by atoms with van der Waals surface area (Å²) < 4.78 is 87.0. The molecule has 2 aromatic rings. The normalized spacial score (nSPS) is 12.3. The molecule has 0 saturated carbocycles. The third-order valence-corrected chi connectivity index (χ3v) is 3.10. The summed E-state index contributed by atoms with van der Waals surface area (Å²) in [4.78, 5) is 15.3. The molecule has 2 rings (SSSR count). The van der Waals surface area contributed by atoms with Crippen molar-refractivity contribution in [3.8, 4) is 11.5 Å². The maximum absolute atomic E-state index is 12.9. The molecule has 10 heteroatoms. The molecule has 0 bridgehead atoms. The lowest BCUT2D eigenvalue weighted by atomic mass is 10.0. The number of esters is 1. The van der Waals surface area contributed by atoms with E-state index in [1.54, 1.807) is 0 Å². The van der Waals surface area contributed by atoms with Crippen LogP contribution < -0.4 is 0 Å². The molecule has 1 aromatic carbocycles. The van der Waals surface area contributed by atoms with Gasteiger partial charge in [-0.2, -0.15) is 26.3 Å². The summed E-state index contributed by atoms with van der Waals surface area (Å²) in [5.41, 5.74) is -3.89. The van der Waals surface area contributed by atoms with Crippen LogP contribution in [0.3, 0.4) is 0 Å². The highest BCUT2D eigenvalue weighted by molar-refractivity contribution is 5.88. The van der Waals surface area contributed by atoms with Crippen molar-refractivity contribution >= 4 is 5.97 Å². The topological polar surface area (TPSA) is 52.3 Å². The number of halogens is 6. The number of alkyl halides is 6. The predicted octanol–water partition coefficient (Wildman–Crippen LogP) is 4.86. The Balaban J connectivity index is 2.59. The van der Waals surface area contributed by atoms with Crippen LogP contribution in [-0.4, -0.2) is 17.6 Å². The van der Waals surface area contributed by atoms with E-state index in [4.69, 9.17) is 9.15 Å². The van der Waals surface area contributed by atoms with Gasteiger partial charge in [-0.15, -0.1) is 0 Å². The zero-order valence-electron chi connectivity index (χ0n) is 12.9. The molecule has 0 N–H and O–H groups in total. The number of nitrogens with zero attached hydrogens (tertiary/aromatic N) is 1. The van der Waals surface area contributed by atoms with Crippen LogP contribution in [-0.2, 0) is 17.1 Å². The number of aromatic nitrogens is 1. The third kappa shape index (κ3) is 4.12. The van der Waals surface area contributed by atoms with Crippen LogP contribution >= 0.6 is 0 Å². The smallest absolute Gasteiger partial charge is 0.416 e. The number of carbonyl (C=O) groups excluding carboxylic acids is 1.